The summed E-state index contributed by atoms with van der Waals surface area (Å²) in [5.74, 6) is -0.240. The van der Waals surface area contributed by atoms with E-state index in [0.29, 0.717) is 5.56 Å². The number of amides is 1. The molecule has 0 aliphatic carbocycles. The molecule has 0 unspecified atom stereocenters. The van der Waals surface area contributed by atoms with Crippen LogP contribution in [-0.4, -0.2) is 18.2 Å². The van der Waals surface area contributed by atoms with Crippen LogP contribution in [0.25, 0.3) is 0 Å². The molecule has 0 fully saturated rings. The molecule has 0 saturated heterocycles. The molecule has 15 heavy (non-hydrogen) atoms. The van der Waals surface area contributed by atoms with Gasteiger partial charge in [0.25, 0.3) is 0 Å². The number of carbonyl (C=O) groups is 2. The van der Waals surface area contributed by atoms with Gasteiger partial charge >= 0.3 is 0 Å². The van der Waals surface area contributed by atoms with Gasteiger partial charge in [0.1, 0.15) is 0 Å². The Hall–Kier alpha value is -1.64. The molecule has 0 atom stereocenters. The molecular formula is C12H15NO2. The minimum Gasteiger partial charge on any atom is -0.349 e. The molecule has 0 saturated carbocycles. The molecule has 1 amide bonds. The summed E-state index contributed by atoms with van der Waals surface area (Å²) in [6.07, 6.45) is 0. The minimum atomic E-state index is -0.187. The maximum atomic E-state index is 11.7. The summed E-state index contributed by atoms with van der Waals surface area (Å²) in [5, 5.41) is 2.50. The molecule has 0 aromatic heterocycles. The molecule has 1 rings (SSSR count). The van der Waals surface area contributed by atoms with E-state index in [9.17, 15) is 9.59 Å². The van der Waals surface area contributed by atoms with Crippen LogP contribution < -0.4 is 5.32 Å². The SMILES string of the molecule is CC(=O)NCC(=O)c1ccc(C)cc1C. The average molecular weight is 205 g/mol. The first-order chi connectivity index (χ1) is 7.00. The van der Waals surface area contributed by atoms with Crippen LogP contribution in [-0.2, 0) is 4.79 Å². The van der Waals surface area contributed by atoms with Gasteiger partial charge in [0.15, 0.2) is 5.78 Å². The van der Waals surface area contributed by atoms with Gasteiger partial charge in [0.2, 0.25) is 5.91 Å². The summed E-state index contributed by atoms with van der Waals surface area (Å²) in [5.41, 5.74) is 2.75. The van der Waals surface area contributed by atoms with E-state index < -0.39 is 0 Å². The molecule has 3 heteroatoms. The first-order valence-electron chi connectivity index (χ1n) is 4.85. The van der Waals surface area contributed by atoms with E-state index in [1.807, 2.05) is 26.0 Å². The van der Waals surface area contributed by atoms with Crippen molar-refractivity contribution in [3.8, 4) is 0 Å². The lowest BCUT2D eigenvalue weighted by Crippen LogP contribution is -2.27. The highest BCUT2D eigenvalue weighted by molar-refractivity contribution is 6.00. The normalized spacial score (nSPS) is 9.80. The number of hydrogen-bond acceptors (Lipinski definition) is 2. The van der Waals surface area contributed by atoms with Crippen LogP contribution in [0.2, 0.25) is 0 Å². The Bertz CT molecular complexity index is 397. The van der Waals surface area contributed by atoms with E-state index in [1.165, 1.54) is 6.92 Å². The summed E-state index contributed by atoms with van der Waals surface area (Å²) in [6.45, 7) is 5.34. The zero-order valence-electron chi connectivity index (χ0n) is 9.26. The van der Waals surface area contributed by atoms with E-state index >= 15 is 0 Å². The van der Waals surface area contributed by atoms with Crippen molar-refractivity contribution < 1.29 is 9.59 Å². The average Bonchev–Trinajstić information content (AvgIpc) is 2.14. The number of aryl methyl sites for hydroxylation is 2. The predicted molar refractivity (Wildman–Crippen MR) is 58.9 cm³/mol. The summed E-state index contributed by atoms with van der Waals surface area (Å²) < 4.78 is 0. The number of benzene rings is 1. The highest BCUT2D eigenvalue weighted by Crippen LogP contribution is 2.10. The Kier molecular flexibility index (Phi) is 3.61. The fourth-order valence-electron chi connectivity index (χ4n) is 1.43. The zero-order chi connectivity index (χ0) is 11.4. The molecule has 0 aliphatic heterocycles. The number of carbonyl (C=O) groups excluding carboxylic acids is 2. The van der Waals surface area contributed by atoms with Crippen molar-refractivity contribution in [1.82, 2.24) is 5.32 Å². The Morgan fingerprint density at radius 2 is 1.93 bits per heavy atom. The molecule has 0 aliphatic rings. The predicted octanol–water partition coefficient (Wildman–Crippen LogP) is 1.62. The molecule has 0 heterocycles. The second kappa shape index (κ2) is 4.73. The van der Waals surface area contributed by atoms with Gasteiger partial charge in [-0.3, -0.25) is 9.59 Å². The molecule has 3 nitrogen and oxygen atoms in total. The van der Waals surface area contributed by atoms with Gasteiger partial charge in [-0.15, -0.1) is 0 Å². The first-order valence-corrected chi connectivity index (χ1v) is 4.85. The topological polar surface area (TPSA) is 46.2 Å². The van der Waals surface area contributed by atoms with E-state index in [0.717, 1.165) is 11.1 Å². The molecule has 1 N–H and O–H groups in total. The number of hydrogen-bond donors (Lipinski definition) is 1. The van der Waals surface area contributed by atoms with Gasteiger partial charge < -0.3 is 5.32 Å². The zero-order valence-corrected chi connectivity index (χ0v) is 9.26. The molecule has 1 aromatic rings. The van der Waals surface area contributed by atoms with Gasteiger partial charge in [-0.1, -0.05) is 23.8 Å². The molecule has 1 aromatic carbocycles. The molecular weight excluding hydrogens is 190 g/mol. The van der Waals surface area contributed by atoms with Crippen LogP contribution in [0.3, 0.4) is 0 Å². The van der Waals surface area contributed by atoms with Crippen molar-refractivity contribution in [2.75, 3.05) is 6.54 Å². The fraction of sp³-hybridized carbons (Fsp3) is 0.333. The van der Waals surface area contributed by atoms with E-state index in [4.69, 9.17) is 0 Å². The van der Waals surface area contributed by atoms with Crippen molar-refractivity contribution in [1.29, 1.82) is 0 Å². The number of rotatable bonds is 3. The molecule has 0 bridgehead atoms. The van der Waals surface area contributed by atoms with E-state index in [-0.39, 0.29) is 18.2 Å². The third-order valence-electron chi connectivity index (χ3n) is 2.18. The molecule has 0 spiro atoms. The second-order valence-electron chi connectivity index (χ2n) is 3.65. The second-order valence-corrected chi connectivity index (χ2v) is 3.65. The lowest BCUT2D eigenvalue weighted by molar-refractivity contribution is -0.118. The van der Waals surface area contributed by atoms with Gasteiger partial charge in [-0.2, -0.15) is 0 Å². The van der Waals surface area contributed by atoms with Gasteiger partial charge in [-0.05, 0) is 19.4 Å². The van der Waals surface area contributed by atoms with Crippen molar-refractivity contribution in [2.45, 2.75) is 20.8 Å². The highest BCUT2D eigenvalue weighted by atomic mass is 16.2. The Morgan fingerprint density at radius 3 is 2.47 bits per heavy atom. The van der Waals surface area contributed by atoms with Gasteiger partial charge in [0.05, 0.1) is 6.54 Å². The lowest BCUT2D eigenvalue weighted by Gasteiger charge is -2.06. The first kappa shape index (κ1) is 11.4. The van der Waals surface area contributed by atoms with Crippen LogP contribution in [0.15, 0.2) is 18.2 Å². The smallest absolute Gasteiger partial charge is 0.217 e. The molecule has 80 valence electrons. The summed E-state index contributed by atoms with van der Waals surface area (Å²) in [7, 11) is 0. The summed E-state index contributed by atoms with van der Waals surface area (Å²) in [4.78, 5) is 22.3. The maximum absolute atomic E-state index is 11.7. The third kappa shape index (κ3) is 3.20. The van der Waals surface area contributed by atoms with Crippen LogP contribution >= 0.6 is 0 Å². The van der Waals surface area contributed by atoms with Crippen LogP contribution in [0.1, 0.15) is 28.4 Å². The number of nitrogens with one attached hydrogen (secondary N) is 1. The summed E-state index contributed by atoms with van der Waals surface area (Å²) in [6, 6.07) is 5.66. The van der Waals surface area contributed by atoms with Gasteiger partial charge in [-0.25, -0.2) is 0 Å². The quantitative estimate of drug-likeness (QED) is 0.762. The van der Waals surface area contributed by atoms with Gasteiger partial charge in [0, 0.05) is 12.5 Å². The Labute approximate surface area is 89.5 Å². The minimum absolute atomic E-state index is 0.0531. The molecule has 0 radical (unpaired) electrons. The van der Waals surface area contributed by atoms with E-state index in [1.54, 1.807) is 6.07 Å². The lowest BCUT2D eigenvalue weighted by atomic mass is 10.0. The number of ketones is 1. The summed E-state index contributed by atoms with van der Waals surface area (Å²) >= 11 is 0. The Balaban J connectivity index is 2.78. The Morgan fingerprint density at radius 1 is 1.27 bits per heavy atom. The van der Waals surface area contributed by atoms with Crippen LogP contribution in [0.4, 0.5) is 0 Å². The van der Waals surface area contributed by atoms with Crippen molar-refractivity contribution >= 4 is 11.7 Å². The highest BCUT2D eigenvalue weighted by Gasteiger charge is 2.08. The third-order valence-corrected chi connectivity index (χ3v) is 2.18. The standard InChI is InChI=1S/C12H15NO2/c1-8-4-5-11(9(2)6-8)12(15)7-13-10(3)14/h4-6H,7H2,1-3H3,(H,13,14). The van der Waals surface area contributed by atoms with E-state index in [2.05, 4.69) is 5.32 Å². The maximum Gasteiger partial charge on any atom is 0.217 e. The van der Waals surface area contributed by atoms with Crippen molar-refractivity contribution in [2.24, 2.45) is 0 Å². The van der Waals surface area contributed by atoms with Crippen LogP contribution in [0, 0.1) is 13.8 Å². The fourth-order valence-corrected chi connectivity index (χ4v) is 1.43. The van der Waals surface area contributed by atoms with Crippen LogP contribution in [0.5, 0.6) is 0 Å². The number of Topliss-reactive ketones (excluding diaryl/α,β-unsaturated/α-hetero) is 1. The van der Waals surface area contributed by atoms with Crippen molar-refractivity contribution in [3.63, 3.8) is 0 Å². The van der Waals surface area contributed by atoms with Crippen molar-refractivity contribution in [3.05, 3.63) is 34.9 Å². The largest absolute Gasteiger partial charge is 0.349 e. The monoisotopic (exact) mass is 205 g/mol.